The summed E-state index contributed by atoms with van der Waals surface area (Å²) < 4.78 is 9.97. The van der Waals surface area contributed by atoms with E-state index in [1.165, 1.54) is 7.11 Å². The van der Waals surface area contributed by atoms with Gasteiger partial charge in [-0.05, 0) is 61.1 Å². The molecule has 0 aromatic heterocycles. The van der Waals surface area contributed by atoms with Gasteiger partial charge in [0.1, 0.15) is 5.75 Å². The van der Waals surface area contributed by atoms with E-state index >= 15 is 0 Å². The Bertz CT molecular complexity index is 714. The summed E-state index contributed by atoms with van der Waals surface area (Å²) in [6.07, 6.45) is 0. The Kier molecular flexibility index (Phi) is 5.54. The van der Waals surface area contributed by atoms with Crippen molar-refractivity contribution in [1.82, 2.24) is 0 Å². The van der Waals surface area contributed by atoms with Crippen LogP contribution in [0, 0.1) is 6.92 Å². The molecule has 0 spiro atoms. The largest absolute Gasteiger partial charge is 0.495 e. The van der Waals surface area contributed by atoms with Crippen LogP contribution in [0.25, 0.3) is 0 Å². The first-order chi connectivity index (χ1) is 11.0. The summed E-state index contributed by atoms with van der Waals surface area (Å²) in [6.45, 7) is 1.99. The number of carbonyl (C=O) groups excluding carboxylic acids is 1. The molecule has 0 heterocycles. The first-order valence-electron chi connectivity index (χ1n) is 6.94. The topological polar surface area (TPSA) is 59.6 Å². The van der Waals surface area contributed by atoms with Gasteiger partial charge < -0.3 is 20.1 Å². The van der Waals surface area contributed by atoms with Crippen molar-refractivity contribution in [2.75, 3.05) is 24.9 Å². The van der Waals surface area contributed by atoms with Gasteiger partial charge in [-0.3, -0.25) is 0 Å². The van der Waals surface area contributed by atoms with E-state index in [1.54, 1.807) is 31.4 Å². The van der Waals surface area contributed by atoms with Crippen LogP contribution in [0.2, 0.25) is 0 Å². The molecule has 0 saturated carbocycles. The zero-order chi connectivity index (χ0) is 16.8. The van der Waals surface area contributed by atoms with E-state index in [0.717, 1.165) is 16.9 Å². The Labute approximate surface area is 140 Å². The SMILES string of the molecule is COC(=O)c1ccc(NC(=S)Nc2cc(C)ccc2OC)cc1. The van der Waals surface area contributed by atoms with Crippen LogP contribution in [0.5, 0.6) is 5.75 Å². The van der Waals surface area contributed by atoms with Gasteiger partial charge in [-0.15, -0.1) is 0 Å². The highest BCUT2D eigenvalue weighted by Crippen LogP contribution is 2.25. The van der Waals surface area contributed by atoms with Crippen LogP contribution in [0.1, 0.15) is 15.9 Å². The number of aryl methyl sites for hydroxylation is 1. The van der Waals surface area contributed by atoms with Crippen LogP contribution in [-0.2, 0) is 4.74 Å². The molecule has 6 heteroatoms. The maximum atomic E-state index is 11.4. The van der Waals surface area contributed by atoms with Crippen molar-refractivity contribution in [3.63, 3.8) is 0 Å². The van der Waals surface area contributed by atoms with Crippen LogP contribution in [0.3, 0.4) is 0 Å². The first-order valence-corrected chi connectivity index (χ1v) is 7.35. The number of anilines is 2. The number of hydrogen-bond donors (Lipinski definition) is 2. The lowest BCUT2D eigenvalue weighted by Gasteiger charge is -2.14. The van der Waals surface area contributed by atoms with Gasteiger partial charge in [0.25, 0.3) is 0 Å². The molecule has 0 unspecified atom stereocenters. The van der Waals surface area contributed by atoms with Crippen LogP contribution in [0.15, 0.2) is 42.5 Å². The number of methoxy groups -OCH3 is 2. The van der Waals surface area contributed by atoms with Gasteiger partial charge in [0.05, 0.1) is 25.5 Å². The molecule has 2 rings (SSSR count). The summed E-state index contributed by atoms with van der Waals surface area (Å²) in [7, 11) is 2.96. The zero-order valence-corrected chi connectivity index (χ0v) is 14.0. The molecule has 0 radical (unpaired) electrons. The molecule has 0 aliphatic carbocycles. The molecule has 0 aliphatic heterocycles. The number of carbonyl (C=O) groups is 1. The van der Waals surface area contributed by atoms with E-state index in [0.29, 0.717) is 16.4 Å². The van der Waals surface area contributed by atoms with Crippen LogP contribution in [-0.4, -0.2) is 25.3 Å². The zero-order valence-electron chi connectivity index (χ0n) is 13.2. The van der Waals surface area contributed by atoms with E-state index in [4.69, 9.17) is 17.0 Å². The van der Waals surface area contributed by atoms with Crippen LogP contribution < -0.4 is 15.4 Å². The lowest BCUT2D eigenvalue weighted by atomic mass is 10.2. The summed E-state index contributed by atoms with van der Waals surface area (Å²) in [4.78, 5) is 11.4. The second kappa shape index (κ2) is 7.60. The van der Waals surface area contributed by atoms with E-state index in [1.807, 2.05) is 25.1 Å². The van der Waals surface area contributed by atoms with Gasteiger partial charge in [0.15, 0.2) is 5.11 Å². The fourth-order valence-corrected chi connectivity index (χ4v) is 2.24. The van der Waals surface area contributed by atoms with Crippen molar-refractivity contribution in [1.29, 1.82) is 0 Å². The fourth-order valence-electron chi connectivity index (χ4n) is 2.01. The Morgan fingerprint density at radius 1 is 1.04 bits per heavy atom. The fraction of sp³-hybridized carbons (Fsp3) is 0.176. The number of thiocarbonyl (C=S) groups is 1. The predicted molar refractivity (Wildman–Crippen MR) is 95.4 cm³/mol. The summed E-state index contributed by atoms with van der Waals surface area (Å²) >= 11 is 5.31. The summed E-state index contributed by atoms with van der Waals surface area (Å²) in [5, 5.41) is 6.59. The maximum Gasteiger partial charge on any atom is 0.337 e. The minimum atomic E-state index is -0.373. The monoisotopic (exact) mass is 330 g/mol. The van der Waals surface area contributed by atoms with E-state index in [-0.39, 0.29) is 5.97 Å². The molecule has 2 N–H and O–H groups in total. The molecule has 0 fully saturated rings. The Morgan fingerprint density at radius 2 is 1.74 bits per heavy atom. The quantitative estimate of drug-likeness (QED) is 0.660. The smallest absolute Gasteiger partial charge is 0.337 e. The first kappa shape index (κ1) is 16.8. The second-order valence-corrected chi connectivity index (χ2v) is 5.26. The van der Waals surface area contributed by atoms with Crippen molar-refractivity contribution in [3.05, 3.63) is 53.6 Å². The third kappa shape index (κ3) is 4.43. The van der Waals surface area contributed by atoms with Gasteiger partial charge in [0.2, 0.25) is 0 Å². The number of esters is 1. The highest BCUT2D eigenvalue weighted by atomic mass is 32.1. The molecule has 0 saturated heterocycles. The second-order valence-electron chi connectivity index (χ2n) is 4.85. The highest BCUT2D eigenvalue weighted by Gasteiger charge is 2.07. The number of benzene rings is 2. The summed E-state index contributed by atoms with van der Waals surface area (Å²) in [5.41, 5.74) is 3.13. The molecule has 2 aromatic rings. The molecular formula is C17H18N2O3S. The summed E-state index contributed by atoms with van der Waals surface area (Å²) in [5.74, 6) is 0.336. The van der Waals surface area contributed by atoms with Crippen LogP contribution in [0.4, 0.5) is 11.4 Å². The minimum absolute atomic E-state index is 0.373. The van der Waals surface area contributed by atoms with E-state index in [9.17, 15) is 4.79 Å². The number of nitrogens with one attached hydrogen (secondary N) is 2. The number of ether oxygens (including phenoxy) is 2. The molecule has 5 nitrogen and oxygen atoms in total. The van der Waals surface area contributed by atoms with E-state index in [2.05, 4.69) is 15.4 Å². The molecular weight excluding hydrogens is 312 g/mol. The lowest BCUT2D eigenvalue weighted by molar-refractivity contribution is 0.0601. The number of rotatable bonds is 4. The van der Waals surface area contributed by atoms with Crippen LogP contribution >= 0.6 is 12.2 Å². The summed E-state index contributed by atoms with van der Waals surface area (Å²) in [6, 6.07) is 12.7. The van der Waals surface area contributed by atoms with Gasteiger partial charge in [-0.1, -0.05) is 6.07 Å². The Morgan fingerprint density at radius 3 is 2.35 bits per heavy atom. The Hall–Kier alpha value is -2.60. The average Bonchev–Trinajstić information content (AvgIpc) is 2.55. The molecule has 0 aliphatic rings. The number of hydrogen-bond acceptors (Lipinski definition) is 4. The van der Waals surface area contributed by atoms with Gasteiger partial charge >= 0.3 is 5.97 Å². The van der Waals surface area contributed by atoms with Crippen molar-refractivity contribution < 1.29 is 14.3 Å². The Balaban J connectivity index is 2.05. The minimum Gasteiger partial charge on any atom is -0.495 e. The average molecular weight is 330 g/mol. The molecule has 0 atom stereocenters. The predicted octanol–water partition coefficient (Wildman–Crippen LogP) is 3.60. The van der Waals surface area contributed by atoms with Gasteiger partial charge in [0, 0.05) is 5.69 Å². The molecule has 0 amide bonds. The molecule has 23 heavy (non-hydrogen) atoms. The van der Waals surface area contributed by atoms with Gasteiger partial charge in [-0.25, -0.2) is 4.79 Å². The highest BCUT2D eigenvalue weighted by molar-refractivity contribution is 7.80. The molecule has 2 aromatic carbocycles. The van der Waals surface area contributed by atoms with Crippen molar-refractivity contribution in [2.24, 2.45) is 0 Å². The third-order valence-electron chi connectivity index (χ3n) is 3.17. The maximum absolute atomic E-state index is 11.4. The standard InChI is InChI=1S/C17H18N2O3S/c1-11-4-9-15(21-2)14(10-11)19-17(23)18-13-7-5-12(6-8-13)16(20)22-3/h4-10H,1-3H3,(H2,18,19,23). The molecule has 0 bridgehead atoms. The lowest BCUT2D eigenvalue weighted by Crippen LogP contribution is -2.19. The van der Waals surface area contributed by atoms with Crippen molar-refractivity contribution in [3.8, 4) is 5.75 Å². The van der Waals surface area contributed by atoms with Crippen molar-refractivity contribution >= 4 is 34.7 Å². The third-order valence-corrected chi connectivity index (χ3v) is 3.37. The molecule has 120 valence electrons. The van der Waals surface area contributed by atoms with E-state index < -0.39 is 0 Å². The normalized spacial score (nSPS) is 9.87. The van der Waals surface area contributed by atoms with Gasteiger partial charge in [-0.2, -0.15) is 0 Å². The van der Waals surface area contributed by atoms with Crippen molar-refractivity contribution in [2.45, 2.75) is 6.92 Å².